The molecular weight excluding hydrogens is 293 g/mol. The summed E-state index contributed by atoms with van der Waals surface area (Å²) >= 11 is 0. The van der Waals surface area contributed by atoms with Gasteiger partial charge in [0.05, 0.1) is 0 Å². The van der Waals surface area contributed by atoms with Crippen LogP contribution in [0.4, 0.5) is 0 Å². The molecule has 1 aromatic carbocycles. The van der Waals surface area contributed by atoms with Crippen LogP contribution in [0.15, 0.2) is 24.3 Å². The minimum Gasteiger partial charge on any atom is -0.326 e. The molecule has 0 aliphatic carbocycles. The first-order valence-corrected chi connectivity index (χ1v) is 2.58. The molecule has 1 rings (SSSR count). The molecule has 0 amide bonds. The van der Waals surface area contributed by atoms with E-state index in [1.807, 2.05) is 24.3 Å². The molecule has 0 saturated heterocycles. The van der Waals surface area contributed by atoms with Crippen LogP contribution >= 0.6 is 0 Å². The summed E-state index contributed by atoms with van der Waals surface area (Å²) in [6.45, 7) is 0.620. The second-order valence-corrected chi connectivity index (χ2v) is 1.61. The summed E-state index contributed by atoms with van der Waals surface area (Å²) < 4.78 is 0. The van der Waals surface area contributed by atoms with Crippen LogP contribution in [0.1, 0.15) is 5.56 Å². The first kappa shape index (κ1) is 8.87. The van der Waals surface area contributed by atoms with Crippen molar-refractivity contribution in [2.45, 2.75) is 6.54 Å². The molecule has 0 aliphatic rings. The van der Waals surface area contributed by atoms with Gasteiger partial charge < -0.3 is 5.73 Å². The predicted octanol–water partition coefficient (Wildman–Crippen LogP) is 0.943. The molecule has 1 radical (unpaired) electrons. The van der Waals surface area contributed by atoms with Gasteiger partial charge in [-0.25, -0.2) is 0 Å². The van der Waals surface area contributed by atoms with Gasteiger partial charge in [-0.05, 0) is 11.6 Å². The van der Waals surface area contributed by atoms with E-state index in [0.29, 0.717) is 6.54 Å². The molecule has 51 valence electrons. The van der Waals surface area contributed by atoms with Crippen LogP contribution in [0.3, 0.4) is 0 Å². The topological polar surface area (TPSA) is 26.0 Å². The molecule has 0 saturated carbocycles. The Morgan fingerprint density at radius 1 is 1.33 bits per heavy atom. The van der Waals surface area contributed by atoms with Crippen molar-refractivity contribution in [1.82, 2.24) is 0 Å². The molecule has 0 aliphatic heterocycles. The first-order valence-electron chi connectivity index (χ1n) is 2.58. The van der Waals surface area contributed by atoms with E-state index in [2.05, 4.69) is 6.07 Å². The summed E-state index contributed by atoms with van der Waals surface area (Å²) in [5.41, 5.74) is 6.49. The Balaban J connectivity index is 0.000000640. The fourth-order valence-electron chi connectivity index (χ4n) is 0.557. The minimum absolute atomic E-state index is 0. The maximum atomic E-state index is 5.34. The van der Waals surface area contributed by atoms with Crippen LogP contribution in [-0.2, 0) is 27.6 Å². The molecule has 0 heterocycles. The van der Waals surface area contributed by atoms with Crippen molar-refractivity contribution in [3.8, 4) is 0 Å². The van der Waals surface area contributed by atoms with Crippen molar-refractivity contribution in [1.29, 1.82) is 0 Å². The van der Waals surface area contributed by atoms with Crippen molar-refractivity contribution in [2.75, 3.05) is 0 Å². The molecule has 0 unspecified atom stereocenters. The average Bonchev–Trinajstić information content (AvgIpc) is 1.90. The van der Waals surface area contributed by atoms with Crippen LogP contribution in [0, 0.1) is 6.07 Å². The summed E-state index contributed by atoms with van der Waals surface area (Å²) in [5, 5.41) is 0. The maximum absolute atomic E-state index is 5.34. The number of hydrogen-bond acceptors (Lipinski definition) is 1. The van der Waals surface area contributed by atoms with Gasteiger partial charge in [0.1, 0.15) is 0 Å². The van der Waals surface area contributed by atoms with Crippen molar-refractivity contribution in [3.63, 3.8) is 0 Å². The van der Waals surface area contributed by atoms with Crippen molar-refractivity contribution >= 4 is 0 Å². The van der Waals surface area contributed by atoms with E-state index in [-0.39, 0.29) is 21.1 Å². The van der Waals surface area contributed by atoms with Gasteiger partial charge in [-0.3, -0.25) is 0 Å². The van der Waals surface area contributed by atoms with Gasteiger partial charge in [-0.2, -0.15) is 0 Å². The molecular formula is C7H8NPt. The number of nitrogens with two attached hydrogens (primary N) is 1. The Morgan fingerprint density at radius 3 is 2.22 bits per heavy atom. The standard InChI is InChI=1S/C7H8N.Pt/c8-6-7-4-2-1-3-5-7;/h2-5H,6,8H2;. The van der Waals surface area contributed by atoms with Gasteiger partial charge in [-0.1, -0.05) is 24.3 Å². The smallest absolute Gasteiger partial charge is 0.0178 e. The van der Waals surface area contributed by atoms with Gasteiger partial charge in [0.15, 0.2) is 0 Å². The second-order valence-electron chi connectivity index (χ2n) is 1.61. The molecule has 2 heteroatoms. The van der Waals surface area contributed by atoms with Gasteiger partial charge in [-0.15, -0.1) is 0 Å². The van der Waals surface area contributed by atoms with Gasteiger partial charge in [0.2, 0.25) is 0 Å². The second kappa shape index (κ2) is 4.72. The Kier molecular flexibility index (Phi) is 4.65. The third-order valence-corrected chi connectivity index (χ3v) is 1.02. The summed E-state index contributed by atoms with van der Waals surface area (Å²) in [7, 11) is 0. The summed E-state index contributed by atoms with van der Waals surface area (Å²) in [6, 6.07) is 10.6. The Bertz CT molecular complexity index is 150. The van der Waals surface area contributed by atoms with Gasteiger partial charge in [0.25, 0.3) is 0 Å². The Labute approximate surface area is 69.5 Å². The Morgan fingerprint density at radius 2 is 1.89 bits per heavy atom. The van der Waals surface area contributed by atoms with Crippen LogP contribution in [0.5, 0.6) is 0 Å². The van der Waals surface area contributed by atoms with Crippen LogP contribution < -0.4 is 5.73 Å². The molecule has 0 fully saturated rings. The zero-order valence-electron chi connectivity index (χ0n) is 4.91. The van der Waals surface area contributed by atoms with E-state index in [1.165, 1.54) is 0 Å². The first-order chi connectivity index (χ1) is 3.93. The van der Waals surface area contributed by atoms with Crippen molar-refractivity contribution < 1.29 is 21.1 Å². The molecule has 0 bridgehead atoms. The average molecular weight is 301 g/mol. The van der Waals surface area contributed by atoms with Crippen LogP contribution in [-0.4, -0.2) is 0 Å². The maximum Gasteiger partial charge on any atom is 0.0178 e. The SMILES string of the molecule is NCc1cc[c]cc1.[Pt]. The normalized spacial score (nSPS) is 8.11. The van der Waals surface area contributed by atoms with E-state index in [4.69, 9.17) is 5.73 Å². The van der Waals surface area contributed by atoms with E-state index in [0.717, 1.165) is 5.56 Å². The largest absolute Gasteiger partial charge is 0.326 e. The quantitative estimate of drug-likeness (QED) is 0.821. The summed E-state index contributed by atoms with van der Waals surface area (Å²) in [5.74, 6) is 0. The minimum atomic E-state index is 0. The van der Waals surface area contributed by atoms with Gasteiger partial charge >= 0.3 is 0 Å². The van der Waals surface area contributed by atoms with Crippen molar-refractivity contribution in [2.24, 2.45) is 5.73 Å². The van der Waals surface area contributed by atoms with E-state index in [9.17, 15) is 0 Å². The van der Waals surface area contributed by atoms with E-state index in [1.54, 1.807) is 0 Å². The zero-order valence-corrected chi connectivity index (χ0v) is 7.18. The number of hydrogen-bond donors (Lipinski definition) is 1. The van der Waals surface area contributed by atoms with E-state index < -0.39 is 0 Å². The predicted molar refractivity (Wildman–Crippen MR) is 33.2 cm³/mol. The number of rotatable bonds is 1. The van der Waals surface area contributed by atoms with Crippen LogP contribution in [0.2, 0.25) is 0 Å². The Hall–Kier alpha value is -0.132. The molecule has 0 aromatic heterocycles. The summed E-state index contributed by atoms with van der Waals surface area (Å²) in [6.07, 6.45) is 0. The van der Waals surface area contributed by atoms with E-state index >= 15 is 0 Å². The third-order valence-electron chi connectivity index (χ3n) is 1.02. The van der Waals surface area contributed by atoms with Crippen LogP contribution in [0.25, 0.3) is 0 Å². The molecule has 1 nitrogen and oxygen atoms in total. The molecule has 2 N–H and O–H groups in total. The molecule has 1 aromatic rings. The zero-order chi connectivity index (χ0) is 5.82. The molecule has 0 atom stereocenters. The summed E-state index contributed by atoms with van der Waals surface area (Å²) in [4.78, 5) is 0. The van der Waals surface area contributed by atoms with Gasteiger partial charge in [0, 0.05) is 27.6 Å². The van der Waals surface area contributed by atoms with Crippen molar-refractivity contribution in [3.05, 3.63) is 35.9 Å². The third kappa shape index (κ3) is 2.78. The monoisotopic (exact) mass is 301 g/mol. The number of benzene rings is 1. The molecule has 0 spiro atoms. The fraction of sp³-hybridized carbons (Fsp3) is 0.143. The molecule has 9 heavy (non-hydrogen) atoms. The fourth-order valence-corrected chi connectivity index (χ4v) is 0.557.